The van der Waals surface area contributed by atoms with E-state index in [-0.39, 0.29) is 6.04 Å². The monoisotopic (exact) mass is 195 g/mol. The van der Waals surface area contributed by atoms with Crippen LogP contribution in [-0.2, 0) is 0 Å². The average molecular weight is 195 g/mol. The summed E-state index contributed by atoms with van der Waals surface area (Å²) in [4.78, 5) is 0. The first-order valence-corrected chi connectivity index (χ1v) is 5.20. The van der Waals surface area contributed by atoms with E-state index in [0.29, 0.717) is 5.41 Å². The normalized spacial score (nSPS) is 14.4. The number of aryl methyl sites for hydroxylation is 1. The summed E-state index contributed by atoms with van der Waals surface area (Å²) in [7, 11) is 0. The first-order chi connectivity index (χ1) is 6.38. The van der Waals surface area contributed by atoms with Gasteiger partial charge in [-0.25, -0.2) is 0 Å². The Morgan fingerprint density at radius 2 is 2.00 bits per heavy atom. The maximum atomic E-state index is 6.02. The lowest BCUT2D eigenvalue weighted by atomic mass is 9.88. The van der Waals surface area contributed by atoms with Gasteiger partial charge in [0.05, 0.1) is 6.04 Å². The molecular weight excluding hydrogens is 174 g/mol. The van der Waals surface area contributed by atoms with Gasteiger partial charge in [0.1, 0.15) is 11.5 Å². The predicted octanol–water partition coefficient (Wildman–Crippen LogP) is 3.41. The molecule has 1 rings (SSSR count). The van der Waals surface area contributed by atoms with Crippen molar-refractivity contribution in [2.75, 3.05) is 0 Å². The van der Waals surface area contributed by atoms with Crippen LogP contribution in [0.5, 0.6) is 0 Å². The Labute approximate surface area is 86.5 Å². The molecule has 0 spiro atoms. The van der Waals surface area contributed by atoms with E-state index >= 15 is 0 Å². The van der Waals surface area contributed by atoms with E-state index < -0.39 is 0 Å². The molecule has 0 aliphatic carbocycles. The number of furan rings is 1. The Hall–Kier alpha value is -0.760. The van der Waals surface area contributed by atoms with Gasteiger partial charge in [0, 0.05) is 0 Å². The smallest absolute Gasteiger partial charge is 0.120 e. The van der Waals surface area contributed by atoms with Gasteiger partial charge in [-0.3, -0.25) is 0 Å². The predicted molar refractivity (Wildman–Crippen MR) is 59.1 cm³/mol. The maximum absolute atomic E-state index is 6.02. The van der Waals surface area contributed by atoms with Crippen molar-refractivity contribution in [3.63, 3.8) is 0 Å². The van der Waals surface area contributed by atoms with E-state index in [1.54, 1.807) is 0 Å². The Morgan fingerprint density at radius 1 is 1.36 bits per heavy atom. The third-order valence-corrected chi connectivity index (χ3v) is 2.33. The van der Waals surface area contributed by atoms with Crippen molar-refractivity contribution in [3.8, 4) is 0 Å². The number of nitrogens with two attached hydrogens (primary N) is 1. The van der Waals surface area contributed by atoms with Crippen LogP contribution < -0.4 is 5.73 Å². The van der Waals surface area contributed by atoms with Crippen LogP contribution >= 0.6 is 0 Å². The van der Waals surface area contributed by atoms with Crippen molar-refractivity contribution >= 4 is 0 Å². The van der Waals surface area contributed by atoms with Gasteiger partial charge in [0.15, 0.2) is 0 Å². The van der Waals surface area contributed by atoms with Crippen molar-refractivity contribution in [1.29, 1.82) is 0 Å². The molecule has 1 heterocycles. The molecule has 1 aromatic heterocycles. The van der Waals surface area contributed by atoms with Gasteiger partial charge in [-0.15, -0.1) is 0 Å². The molecule has 0 aliphatic rings. The summed E-state index contributed by atoms with van der Waals surface area (Å²) in [5, 5.41) is 0. The quantitative estimate of drug-likeness (QED) is 0.802. The molecule has 2 heteroatoms. The van der Waals surface area contributed by atoms with E-state index in [9.17, 15) is 0 Å². The molecule has 0 bridgehead atoms. The fourth-order valence-corrected chi connectivity index (χ4v) is 1.38. The minimum atomic E-state index is 0.0444. The Morgan fingerprint density at radius 3 is 2.43 bits per heavy atom. The highest BCUT2D eigenvalue weighted by Crippen LogP contribution is 2.26. The van der Waals surface area contributed by atoms with E-state index in [4.69, 9.17) is 10.2 Å². The lowest BCUT2D eigenvalue weighted by molar-refractivity contribution is 0.333. The fraction of sp³-hybridized carbons (Fsp3) is 0.667. The minimum absolute atomic E-state index is 0.0444. The van der Waals surface area contributed by atoms with Crippen molar-refractivity contribution in [2.24, 2.45) is 11.1 Å². The van der Waals surface area contributed by atoms with Crippen LogP contribution in [0.3, 0.4) is 0 Å². The lowest BCUT2D eigenvalue weighted by Crippen LogP contribution is -2.14. The van der Waals surface area contributed by atoms with E-state index in [2.05, 4.69) is 20.8 Å². The summed E-state index contributed by atoms with van der Waals surface area (Å²) >= 11 is 0. The Kier molecular flexibility index (Phi) is 3.38. The van der Waals surface area contributed by atoms with Gasteiger partial charge in [-0.1, -0.05) is 20.8 Å². The van der Waals surface area contributed by atoms with Gasteiger partial charge < -0.3 is 10.2 Å². The van der Waals surface area contributed by atoms with Gasteiger partial charge >= 0.3 is 0 Å². The summed E-state index contributed by atoms with van der Waals surface area (Å²) in [6.45, 7) is 8.63. The third-order valence-electron chi connectivity index (χ3n) is 2.33. The third kappa shape index (κ3) is 3.54. The molecule has 1 atom stereocenters. The van der Waals surface area contributed by atoms with Crippen LogP contribution in [0, 0.1) is 12.3 Å². The van der Waals surface area contributed by atoms with Gasteiger partial charge in [-0.05, 0) is 37.3 Å². The molecule has 2 N–H and O–H groups in total. The average Bonchev–Trinajstić information content (AvgIpc) is 2.46. The maximum Gasteiger partial charge on any atom is 0.120 e. The molecule has 0 amide bonds. The van der Waals surface area contributed by atoms with Gasteiger partial charge in [-0.2, -0.15) is 0 Å². The molecule has 0 aromatic carbocycles. The summed E-state index contributed by atoms with van der Waals surface area (Å²) in [6.07, 6.45) is 2.10. The molecule has 0 saturated carbocycles. The second-order valence-electron chi connectivity index (χ2n) is 5.15. The molecule has 1 aromatic rings. The molecule has 14 heavy (non-hydrogen) atoms. The number of rotatable bonds is 3. The van der Waals surface area contributed by atoms with Crippen LogP contribution in [0.25, 0.3) is 0 Å². The number of hydrogen-bond acceptors (Lipinski definition) is 2. The SMILES string of the molecule is Cc1ccc(C(N)CCC(C)(C)C)o1. The lowest BCUT2D eigenvalue weighted by Gasteiger charge is -2.19. The van der Waals surface area contributed by atoms with Crippen LogP contribution in [0.1, 0.15) is 51.2 Å². The van der Waals surface area contributed by atoms with E-state index in [1.165, 1.54) is 0 Å². The highest BCUT2D eigenvalue weighted by atomic mass is 16.3. The summed E-state index contributed by atoms with van der Waals surface area (Å²) in [5.41, 5.74) is 6.37. The number of hydrogen-bond donors (Lipinski definition) is 1. The second-order valence-corrected chi connectivity index (χ2v) is 5.15. The minimum Gasteiger partial charge on any atom is -0.465 e. The molecule has 1 unspecified atom stereocenters. The first-order valence-electron chi connectivity index (χ1n) is 5.20. The van der Waals surface area contributed by atoms with Crippen LogP contribution in [0.4, 0.5) is 0 Å². The standard InChI is InChI=1S/C12H21NO/c1-9-5-6-11(14-9)10(13)7-8-12(2,3)4/h5-6,10H,7-8,13H2,1-4H3. The van der Waals surface area contributed by atoms with Crippen LogP contribution in [-0.4, -0.2) is 0 Å². The zero-order valence-electron chi connectivity index (χ0n) is 9.63. The molecular formula is C12H21NO. The second kappa shape index (κ2) is 4.18. The molecule has 0 radical (unpaired) electrons. The molecule has 0 saturated heterocycles. The van der Waals surface area contributed by atoms with Gasteiger partial charge in [0.25, 0.3) is 0 Å². The first kappa shape index (κ1) is 11.3. The fourth-order valence-electron chi connectivity index (χ4n) is 1.38. The summed E-state index contributed by atoms with van der Waals surface area (Å²) < 4.78 is 5.49. The van der Waals surface area contributed by atoms with Crippen molar-refractivity contribution in [2.45, 2.75) is 46.6 Å². The highest BCUT2D eigenvalue weighted by Gasteiger charge is 2.15. The van der Waals surface area contributed by atoms with E-state index in [0.717, 1.165) is 24.4 Å². The zero-order valence-corrected chi connectivity index (χ0v) is 9.63. The summed E-state index contributed by atoms with van der Waals surface area (Å²) in [5.74, 6) is 1.85. The van der Waals surface area contributed by atoms with Crippen molar-refractivity contribution in [1.82, 2.24) is 0 Å². The van der Waals surface area contributed by atoms with Crippen LogP contribution in [0.2, 0.25) is 0 Å². The Balaban J connectivity index is 2.47. The van der Waals surface area contributed by atoms with Crippen molar-refractivity contribution in [3.05, 3.63) is 23.7 Å². The largest absolute Gasteiger partial charge is 0.465 e. The molecule has 2 nitrogen and oxygen atoms in total. The summed E-state index contributed by atoms with van der Waals surface area (Å²) in [6, 6.07) is 3.98. The molecule has 80 valence electrons. The zero-order chi connectivity index (χ0) is 10.8. The van der Waals surface area contributed by atoms with Crippen molar-refractivity contribution < 1.29 is 4.42 Å². The van der Waals surface area contributed by atoms with Gasteiger partial charge in [0.2, 0.25) is 0 Å². The Bertz CT molecular complexity index is 283. The molecule has 0 fully saturated rings. The highest BCUT2D eigenvalue weighted by molar-refractivity contribution is 5.09. The molecule has 0 aliphatic heterocycles. The topological polar surface area (TPSA) is 39.2 Å². The van der Waals surface area contributed by atoms with Crippen LogP contribution in [0.15, 0.2) is 16.5 Å². The van der Waals surface area contributed by atoms with E-state index in [1.807, 2.05) is 19.1 Å².